The number of allylic oxidation sites excluding steroid dienone is 2. The monoisotopic (exact) mass is 173 g/mol. The van der Waals surface area contributed by atoms with Gasteiger partial charge < -0.3 is 0 Å². The maximum Gasteiger partial charge on any atom is 0.0407 e. The van der Waals surface area contributed by atoms with E-state index in [1.165, 1.54) is 16.7 Å². The molecule has 0 unspecified atom stereocenters. The van der Waals surface area contributed by atoms with Crippen LogP contribution in [0.15, 0.2) is 24.9 Å². The Balaban J connectivity index is 3.25. The van der Waals surface area contributed by atoms with Gasteiger partial charge in [0.1, 0.15) is 0 Å². The van der Waals surface area contributed by atoms with Gasteiger partial charge in [-0.2, -0.15) is 0 Å². The van der Waals surface area contributed by atoms with Crippen molar-refractivity contribution in [2.75, 3.05) is 0 Å². The van der Waals surface area contributed by atoms with E-state index in [1.54, 1.807) is 6.08 Å². The van der Waals surface area contributed by atoms with Crippen LogP contribution < -0.4 is 0 Å². The van der Waals surface area contributed by atoms with Gasteiger partial charge in [0, 0.05) is 11.9 Å². The molecule has 13 heavy (non-hydrogen) atoms. The molecule has 0 fully saturated rings. The van der Waals surface area contributed by atoms with E-state index in [0.717, 1.165) is 5.69 Å². The first-order valence-corrected chi connectivity index (χ1v) is 4.38. The summed E-state index contributed by atoms with van der Waals surface area (Å²) < 4.78 is 0. The maximum atomic E-state index is 4.29. The highest BCUT2D eigenvalue weighted by atomic mass is 14.7. The van der Waals surface area contributed by atoms with E-state index in [2.05, 4.69) is 31.5 Å². The zero-order valence-corrected chi connectivity index (χ0v) is 8.46. The number of hydrogen-bond acceptors (Lipinski definition) is 1. The van der Waals surface area contributed by atoms with E-state index in [9.17, 15) is 0 Å². The quantitative estimate of drug-likeness (QED) is 0.626. The predicted molar refractivity (Wildman–Crippen MR) is 57.7 cm³/mol. The molecule has 0 radical (unpaired) electrons. The summed E-state index contributed by atoms with van der Waals surface area (Å²) in [6.07, 6.45) is 7.72. The van der Waals surface area contributed by atoms with Gasteiger partial charge in [0.05, 0.1) is 0 Å². The Morgan fingerprint density at radius 1 is 1.31 bits per heavy atom. The van der Waals surface area contributed by atoms with Crippen molar-refractivity contribution in [1.29, 1.82) is 0 Å². The van der Waals surface area contributed by atoms with Gasteiger partial charge in [-0.15, -0.1) is 0 Å². The summed E-state index contributed by atoms with van der Waals surface area (Å²) >= 11 is 0. The summed E-state index contributed by atoms with van der Waals surface area (Å²) in [6.45, 7) is 9.85. The lowest BCUT2D eigenvalue weighted by Crippen LogP contribution is -1.93. The molecule has 0 N–H and O–H groups in total. The Morgan fingerprint density at radius 2 is 2.00 bits per heavy atom. The molecule has 0 aliphatic heterocycles. The smallest absolute Gasteiger partial charge is 0.0407 e. The average molecular weight is 173 g/mol. The average Bonchev–Trinajstić information content (AvgIpc) is 2.12. The predicted octanol–water partition coefficient (Wildman–Crippen LogP) is 3.21. The molecule has 68 valence electrons. The van der Waals surface area contributed by atoms with Gasteiger partial charge in [-0.25, -0.2) is 0 Å². The van der Waals surface area contributed by atoms with E-state index in [0.29, 0.717) is 0 Å². The van der Waals surface area contributed by atoms with Crippen molar-refractivity contribution in [3.63, 3.8) is 0 Å². The standard InChI is InChI=1S/C12H15N/c1-5-6-7-12-9(2)8-13-11(4)10(12)3/h5-8H,1H2,2-4H3. The van der Waals surface area contributed by atoms with Crippen LogP contribution in [0.3, 0.4) is 0 Å². The Bertz CT molecular complexity index is 348. The number of aryl methyl sites for hydroxylation is 2. The molecular formula is C12H15N. The summed E-state index contributed by atoms with van der Waals surface area (Å²) in [7, 11) is 0. The molecule has 0 bridgehead atoms. The minimum Gasteiger partial charge on any atom is -0.261 e. The van der Waals surface area contributed by atoms with Crippen molar-refractivity contribution in [3.05, 3.63) is 47.3 Å². The normalized spacial score (nSPS) is 10.7. The molecule has 0 aromatic carbocycles. The zero-order chi connectivity index (χ0) is 9.84. The van der Waals surface area contributed by atoms with E-state index >= 15 is 0 Å². The van der Waals surface area contributed by atoms with Gasteiger partial charge >= 0.3 is 0 Å². The molecule has 0 aliphatic rings. The molecule has 0 spiro atoms. The first kappa shape index (κ1) is 9.72. The molecule has 1 aromatic heterocycles. The van der Waals surface area contributed by atoms with Gasteiger partial charge in [-0.1, -0.05) is 24.8 Å². The van der Waals surface area contributed by atoms with Crippen LogP contribution in [0.1, 0.15) is 22.4 Å². The van der Waals surface area contributed by atoms with Gasteiger partial charge in [0.15, 0.2) is 0 Å². The molecule has 0 aliphatic carbocycles. The van der Waals surface area contributed by atoms with E-state index < -0.39 is 0 Å². The minimum atomic E-state index is 1.09. The minimum absolute atomic E-state index is 1.09. The molecule has 1 rings (SSSR count). The van der Waals surface area contributed by atoms with Crippen LogP contribution in [0.5, 0.6) is 0 Å². The second-order valence-electron chi connectivity index (χ2n) is 3.16. The lowest BCUT2D eigenvalue weighted by atomic mass is 10.0. The molecule has 1 heteroatoms. The van der Waals surface area contributed by atoms with Crippen molar-refractivity contribution in [2.45, 2.75) is 20.8 Å². The second kappa shape index (κ2) is 4.04. The molecule has 1 heterocycles. The summed E-state index contributed by atoms with van der Waals surface area (Å²) in [6, 6.07) is 0. The fourth-order valence-corrected chi connectivity index (χ4v) is 1.27. The van der Waals surface area contributed by atoms with Gasteiger partial charge in [-0.3, -0.25) is 4.98 Å². The number of pyridine rings is 1. The Labute approximate surface area is 79.8 Å². The summed E-state index contributed by atoms with van der Waals surface area (Å²) in [5.74, 6) is 0. The fraction of sp³-hybridized carbons (Fsp3) is 0.250. The van der Waals surface area contributed by atoms with Crippen LogP contribution in [-0.4, -0.2) is 4.98 Å². The highest BCUT2D eigenvalue weighted by Gasteiger charge is 2.01. The van der Waals surface area contributed by atoms with Crippen molar-refractivity contribution in [1.82, 2.24) is 4.98 Å². The van der Waals surface area contributed by atoms with E-state index in [1.807, 2.05) is 19.2 Å². The lowest BCUT2D eigenvalue weighted by molar-refractivity contribution is 1.12. The van der Waals surface area contributed by atoms with Crippen molar-refractivity contribution < 1.29 is 0 Å². The summed E-state index contributed by atoms with van der Waals surface area (Å²) in [5.41, 5.74) is 4.81. The van der Waals surface area contributed by atoms with Crippen LogP contribution in [0.25, 0.3) is 6.08 Å². The first-order valence-electron chi connectivity index (χ1n) is 4.38. The Hall–Kier alpha value is -1.37. The van der Waals surface area contributed by atoms with Gasteiger partial charge in [0.2, 0.25) is 0 Å². The van der Waals surface area contributed by atoms with Crippen LogP contribution in [-0.2, 0) is 0 Å². The number of hydrogen-bond donors (Lipinski definition) is 0. The second-order valence-corrected chi connectivity index (χ2v) is 3.16. The number of rotatable bonds is 2. The van der Waals surface area contributed by atoms with Crippen molar-refractivity contribution in [3.8, 4) is 0 Å². The Morgan fingerprint density at radius 3 is 2.62 bits per heavy atom. The third-order valence-corrected chi connectivity index (χ3v) is 2.22. The third-order valence-electron chi connectivity index (χ3n) is 2.22. The van der Waals surface area contributed by atoms with Gasteiger partial charge in [0.25, 0.3) is 0 Å². The first-order chi connectivity index (χ1) is 6.16. The van der Waals surface area contributed by atoms with E-state index in [4.69, 9.17) is 0 Å². The highest BCUT2D eigenvalue weighted by molar-refractivity contribution is 5.58. The fourth-order valence-electron chi connectivity index (χ4n) is 1.27. The maximum absolute atomic E-state index is 4.29. The van der Waals surface area contributed by atoms with Crippen LogP contribution >= 0.6 is 0 Å². The SMILES string of the molecule is C=CC=Cc1c(C)cnc(C)c1C. The molecule has 1 nitrogen and oxygen atoms in total. The molecule has 0 atom stereocenters. The zero-order valence-electron chi connectivity index (χ0n) is 8.46. The molecule has 0 amide bonds. The number of aromatic nitrogens is 1. The van der Waals surface area contributed by atoms with Crippen LogP contribution in [0, 0.1) is 20.8 Å². The highest BCUT2D eigenvalue weighted by Crippen LogP contribution is 2.16. The summed E-state index contributed by atoms with van der Waals surface area (Å²) in [4.78, 5) is 4.29. The molecule has 1 aromatic rings. The molecule has 0 saturated carbocycles. The van der Waals surface area contributed by atoms with Crippen molar-refractivity contribution >= 4 is 6.08 Å². The largest absolute Gasteiger partial charge is 0.261 e. The Kier molecular flexibility index (Phi) is 3.02. The summed E-state index contributed by atoms with van der Waals surface area (Å²) in [5, 5.41) is 0. The topological polar surface area (TPSA) is 12.9 Å². The third kappa shape index (κ3) is 2.05. The van der Waals surface area contributed by atoms with Crippen LogP contribution in [0.2, 0.25) is 0 Å². The molecular weight excluding hydrogens is 158 g/mol. The number of nitrogens with zero attached hydrogens (tertiary/aromatic N) is 1. The van der Waals surface area contributed by atoms with Gasteiger partial charge in [-0.05, 0) is 37.5 Å². The van der Waals surface area contributed by atoms with Crippen molar-refractivity contribution in [2.24, 2.45) is 0 Å². The molecule has 0 saturated heterocycles. The van der Waals surface area contributed by atoms with Crippen LogP contribution in [0.4, 0.5) is 0 Å². The van der Waals surface area contributed by atoms with E-state index in [-0.39, 0.29) is 0 Å². The lowest BCUT2D eigenvalue weighted by Gasteiger charge is -2.06.